The van der Waals surface area contributed by atoms with Gasteiger partial charge in [-0.25, -0.2) is 4.79 Å². The van der Waals surface area contributed by atoms with Crippen LogP contribution in [0, 0.1) is 5.92 Å². The lowest BCUT2D eigenvalue weighted by Crippen LogP contribution is -2.59. The molecule has 0 heterocycles. The van der Waals surface area contributed by atoms with Crippen molar-refractivity contribution in [2.24, 2.45) is 5.92 Å². The Balaban J connectivity index is 1.55. The van der Waals surface area contributed by atoms with Gasteiger partial charge >= 0.3 is 5.97 Å². The second kappa shape index (κ2) is 16.7. The van der Waals surface area contributed by atoms with Crippen molar-refractivity contribution in [3.05, 3.63) is 215 Å². The Kier molecular flexibility index (Phi) is 11.7. The van der Waals surface area contributed by atoms with Gasteiger partial charge in [0.2, 0.25) is 5.91 Å². The number of aliphatic carboxylic acids is 1. The molecule has 0 saturated carbocycles. The molecule has 52 heavy (non-hydrogen) atoms. The van der Waals surface area contributed by atoms with Gasteiger partial charge in [-0.1, -0.05) is 196 Å². The number of hydrogen-bond donors (Lipinski definition) is 3. The van der Waals surface area contributed by atoms with Gasteiger partial charge in [-0.05, 0) is 39.3 Å². The zero-order valence-electron chi connectivity index (χ0n) is 29.4. The maximum Gasteiger partial charge on any atom is 0.326 e. The lowest BCUT2D eigenvalue weighted by atomic mass is 9.76. The van der Waals surface area contributed by atoms with Crippen LogP contribution >= 0.6 is 11.8 Å². The van der Waals surface area contributed by atoms with Crippen LogP contribution < -0.4 is 10.6 Å². The van der Waals surface area contributed by atoms with Gasteiger partial charge in [0.05, 0.1) is 16.3 Å². The number of nitrogens with one attached hydrogen (secondary N) is 2. The minimum atomic E-state index is -1.07. The van der Waals surface area contributed by atoms with Crippen LogP contribution in [0.4, 0.5) is 0 Å². The summed E-state index contributed by atoms with van der Waals surface area (Å²) in [6.45, 7) is 3.62. The highest BCUT2D eigenvalue weighted by Gasteiger charge is 2.43. The average molecular weight is 705 g/mol. The van der Waals surface area contributed by atoms with Crippen LogP contribution in [0.3, 0.4) is 0 Å². The van der Waals surface area contributed by atoms with Crippen LogP contribution in [0.25, 0.3) is 0 Å². The van der Waals surface area contributed by atoms with Crippen LogP contribution in [0.1, 0.15) is 47.2 Å². The van der Waals surface area contributed by atoms with E-state index in [-0.39, 0.29) is 11.8 Å². The topological polar surface area (TPSA) is 78.4 Å². The summed E-state index contributed by atoms with van der Waals surface area (Å²) in [5, 5.41) is 17.0. The molecule has 0 fully saturated rings. The quantitative estimate of drug-likeness (QED) is 0.0932. The summed E-state index contributed by atoms with van der Waals surface area (Å²) in [6, 6.07) is 59.6. The van der Waals surface area contributed by atoms with Gasteiger partial charge < -0.3 is 10.4 Å². The van der Waals surface area contributed by atoms with E-state index in [0.29, 0.717) is 5.75 Å². The largest absolute Gasteiger partial charge is 0.480 e. The number of rotatable bonds is 15. The van der Waals surface area contributed by atoms with Crippen molar-refractivity contribution >= 4 is 23.6 Å². The van der Waals surface area contributed by atoms with E-state index in [1.54, 1.807) is 11.8 Å². The van der Waals surface area contributed by atoms with Crippen molar-refractivity contribution in [3.8, 4) is 0 Å². The van der Waals surface area contributed by atoms with Gasteiger partial charge in [0, 0.05) is 5.75 Å². The third kappa shape index (κ3) is 7.59. The highest BCUT2D eigenvalue weighted by molar-refractivity contribution is 8.00. The molecule has 6 heteroatoms. The molecular formula is C46H44N2O3S. The Bertz CT molecular complexity index is 1820. The monoisotopic (exact) mass is 704 g/mol. The summed E-state index contributed by atoms with van der Waals surface area (Å²) in [7, 11) is 0. The number of benzene rings is 6. The summed E-state index contributed by atoms with van der Waals surface area (Å²) in [6.07, 6.45) is 0. The second-order valence-corrected chi connectivity index (χ2v) is 14.4. The Hall–Kier alpha value is -5.43. The van der Waals surface area contributed by atoms with Crippen LogP contribution in [-0.2, 0) is 19.9 Å². The molecule has 6 aromatic rings. The molecule has 6 aromatic carbocycles. The van der Waals surface area contributed by atoms with Crippen molar-refractivity contribution < 1.29 is 14.7 Å². The predicted molar refractivity (Wildman–Crippen MR) is 212 cm³/mol. The molecule has 5 nitrogen and oxygen atoms in total. The average Bonchev–Trinajstić information content (AvgIpc) is 3.20. The fourth-order valence-corrected chi connectivity index (χ4v) is 8.56. The summed E-state index contributed by atoms with van der Waals surface area (Å²) in [5.41, 5.74) is 5.10. The van der Waals surface area contributed by atoms with Gasteiger partial charge in [-0.15, -0.1) is 11.8 Å². The molecular weight excluding hydrogens is 661 g/mol. The number of thioether (sulfide) groups is 1. The lowest BCUT2D eigenvalue weighted by Gasteiger charge is -2.41. The van der Waals surface area contributed by atoms with Crippen molar-refractivity contribution in [2.45, 2.75) is 36.2 Å². The van der Waals surface area contributed by atoms with Gasteiger partial charge in [0.15, 0.2) is 0 Å². The van der Waals surface area contributed by atoms with Gasteiger partial charge in [-0.3, -0.25) is 10.1 Å². The van der Waals surface area contributed by atoms with Gasteiger partial charge in [0.25, 0.3) is 0 Å². The van der Waals surface area contributed by atoms with E-state index in [4.69, 9.17) is 0 Å². The fourth-order valence-electron chi connectivity index (χ4n) is 7.00. The van der Waals surface area contributed by atoms with Crippen LogP contribution in [0.5, 0.6) is 0 Å². The Morgan fingerprint density at radius 3 is 1.13 bits per heavy atom. The third-order valence-electron chi connectivity index (χ3n) is 9.57. The van der Waals surface area contributed by atoms with Gasteiger partial charge in [0.1, 0.15) is 6.04 Å². The SMILES string of the molecule is CC(C)[C@@H](NC(=O)[C@@H](CSC(c1ccccc1)(c1ccccc1)c1ccccc1)NC(c1ccccc1)(c1ccccc1)c1ccccc1)C(=O)O. The number of carbonyl (C=O) groups excluding carboxylic acids is 1. The molecule has 262 valence electrons. The number of amides is 1. The van der Waals surface area contributed by atoms with Crippen molar-refractivity contribution in [1.82, 2.24) is 10.6 Å². The van der Waals surface area contributed by atoms with E-state index in [9.17, 15) is 14.7 Å². The minimum Gasteiger partial charge on any atom is -0.480 e. The van der Waals surface area contributed by atoms with Crippen LogP contribution in [-0.4, -0.2) is 34.8 Å². The molecule has 3 N–H and O–H groups in total. The Morgan fingerprint density at radius 1 is 0.538 bits per heavy atom. The van der Waals surface area contributed by atoms with Crippen molar-refractivity contribution in [1.29, 1.82) is 0 Å². The third-order valence-corrected chi connectivity index (χ3v) is 11.2. The first kappa shape index (κ1) is 36.4. The van der Waals surface area contributed by atoms with E-state index >= 15 is 0 Å². The van der Waals surface area contributed by atoms with E-state index in [1.807, 2.05) is 123 Å². The van der Waals surface area contributed by atoms with Crippen molar-refractivity contribution in [2.75, 3.05) is 5.75 Å². The Labute approximate surface area is 311 Å². The second-order valence-electron chi connectivity index (χ2n) is 13.2. The lowest BCUT2D eigenvalue weighted by molar-refractivity contribution is -0.143. The van der Waals surface area contributed by atoms with E-state index < -0.39 is 28.3 Å². The zero-order chi connectivity index (χ0) is 36.4. The van der Waals surface area contributed by atoms with Crippen LogP contribution in [0.2, 0.25) is 0 Å². The smallest absolute Gasteiger partial charge is 0.326 e. The fraction of sp³-hybridized carbons (Fsp3) is 0.174. The van der Waals surface area contributed by atoms with E-state index in [2.05, 4.69) is 83.4 Å². The molecule has 0 unspecified atom stereocenters. The maximum atomic E-state index is 14.8. The normalized spacial score (nSPS) is 12.9. The molecule has 0 radical (unpaired) electrons. The molecule has 6 rings (SSSR count). The summed E-state index contributed by atoms with van der Waals surface area (Å²) in [4.78, 5) is 27.3. The molecule has 0 aliphatic heterocycles. The first-order valence-corrected chi connectivity index (χ1v) is 18.6. The number of carboxylic acids is 1. The minimum absolute atomic E-state index is 0.295. The predicted octanol–water partition coefficient (Wildman–Crippen LogP) is 8.89. The van der Waals surface area contributed by atoms with E-state index in [1.165, 1.54) is 0 Å². The van der Waals surface area contributed by atoms with Crippen molar-refractivity contribution in [3.63, 3.8) is 0 Å². The number of carboxylic acid groups (broad SMARTS) is 1. The molecule has 0 aliphatic carbocycles. The first-order chi connectivity index (χ1) is 25.4. The molecule has 0 aliphatic rings. The standard InChI is InChI=1S/C46H44N2O3S/c1-34(2)42(44(50)51)47-43(49)41(48-45(35-21-9-3-10-22-35,36-23-11-4-12-24-36)37-25-13-5-14-26-37)33-52-46(38-27-15-6-16-28-38,39-29-17-7-18-30-39)40-31-19-8-20-32-40/h3-32,34,41-42,48H,33H2,1-2H3,(H,47,49)(H,50,51)/t41-,42-/m1/s1. The molecule has 0 bridgehead atoms. The highest BCUT2D eigenvalue weighted by Crippen LogP contribution is 2.49. The molecule has 0 spiro atoms. The number of carbonyl (C=O) groups is 2. The summed E-state index contributed by atoms with van der Waals surface area (Å²) < 4.78 is -0.705. The molecule has 0 aromatic heterocycles. The number of hydrogen-bond acceptors (Lipinski definition) is 4. The Morgan fingerprint density at radius 2 is 0.846 bits per heavy atom. The maximum absolute atomic E-state index is 14.8. The highest BCUT2D eigenvalue weighted by atomic mass is 32.2. The molecule has 2 atom stereocenters. The van der Waals surface area contributed by atoms with Crippen LogP contribution in [0.15, 0.2) is 182 Å². The summed E-state index contributed by atoms with van der Waals surface area (Å²) in [5.74, 6) is -1.48. The first-order valence-electron chi connectivity index (χ1n) is 17.6. The van der Waals surface area contributed by atoms with E-state index in [0.717, 1.165) is 33.4 Å². The summed E-state index contributed by atoms with van der Waals surface area (Å²) >= 11 is 1.66. The molecule has 0 saturated heterocycles. The van der Waals surface area contributed by atoms with Gasteiger partial charge in [-0.2, -0.15) is 0 Å². The molecule has 1 amide bonds. The zero-order valence-corrected chi connectivity index (χ0v) is 30.2.